The van der Waals surface area contributed by atoms with Crippen LogP contribution in [0.15, 0.2) is 45.9 Å². The maximum absolute atomic E-state index is 10.4. The molecule has 1 aromatic carbocycles. The third-order valence-electron chi connectivity index (χ3n) is 2.23. The minimum Gasteiger partial charge on any atom is -0.400 e. The fourth-order valence-corrected chi connectivity index (χ4v) is 1.31. The van der Waals surface area contributed by atoms with Crippen LogP contribution in [-0.2, 0) is 0 Å². The second-order valence-electron chi connectivity index (χ2n) is 3.67. The number of hydrogen-bond acceptors (Lipinski definition) is 5. The third-order valence-corrected chi connectivity index (χ3v) is 2.23. The highest BCUT2D eigenvalue weighted by Crippen LogP contribution is 2.14. The van der Waals surface area contributed by atoms with E-state index in [4.69, 9.17) is 4.42 Å². The molecule has 1 N–H and O–H groups in total. The van der Waals surface area contributed by atoms with Crippen molar-refractivity contribution in [2.24, 2.45) is 5.10 Å². The Morgan fingerprint density at radius 3 is 2.61 bits per heavy atom. The van der Waals surface area contributed by atoms with E-state index in [0.29, 0.717) is 5.76 Å². The maximum Gasteiger partial charge on any atom is 0.433 e. The first kappa shape index (κ1) is 11.8. The van der Waals surface area contributed by atoms with Crippen LogP contribution in [0, 0.1) is 17.0 Å². The first-order chi connectivity index (χ1) is 8.65. The van der Waals surface area contributed by atoms with Gasteiger partial charge in [-0.3, -0.25) is 15.5 Å². The fourth-order valence-electron chi connectivity index (χ4n) is 1.31. The zero-order valence-electron chi connectivity index (χ0n) is 9.66. The summed E-state index contributed by atoms with van der Waals surface area (Å²) in [4.78, 5) is 9.80. The molecule has 0 bridgehead atoms. The highest BCUT2D eigenvalue weighted by atomic mass is 16.6. The van der Waals surface area contributed by atoms with Crippen LogP contribution in [0.4, 0.5) is 11.6 Å². The number of nitrogens with zero attached hydrogens (tertiary/aromatic N) is 2. The number of hydrazone groups is 1. The monoisotopic (exact) mass is 245 g/mol. The normalized spacial score (nSPS) is 10.7. The first-order valence-corrected chi connectivity index (χ1v) is 5.25. The molecule has 0 spiro atoms. The molecule has 6 heteroatoms. The largest absolute Gasteiger partial charge is 0.433 e. The molecule has 1 heterocycles. The molecule has 0 saturated carbocycles. The quantitative estimate of drug-likeness (QED) is 0.510. The van der Waals surface area contributed by atoms with Crippen LogP contribution in [0.3, 0.4) is 0 Å². The van der Waals surface area contributed by atoms with Crippen molar-refractivity contribution >= 4 is 17.8 Å². The van der Waals surface area contributed by atoms with Gasteiger partial charge in [-0.25, -0.2) is 0 Å². The zero-order chi connectivity index (χ0) is 13.0. The molecule has 18 heavy (non-hydrogen) atoms. The topological polar surface area (TPSA) is 80.7 Å². The van der Waals surface area contributed by atoms with Crippen LogP contribution in [0.25, 0.3) is 0 Å². The number of anilines is 1. The van der Waals surface area contributed by atoms with Gasteiger partial charge in [0.25, 0.3) is 0 Å². The molecule has 0 saturated heterocycles. The summed E-state index contributed by atoms with van der Waals surface area (Å²) in [6, 6.07) is 10.4. The molecule has 1 aromatic heterocycles. The van der Waals surface area contributed by atoms with E-state index in [1.54, 1.807) is 0 Å². The zero-order valence-corrected chi connectivity index (χ0v) is 9.66. The molecule has 2 aromatic rings. The number of nitrogens with one attached hydrogen (secondary N) is 1. The molecule has 0 amide bonds. The van der Waals surface area contributed by atoms with Gasteiger partial charge in [-0.05, 0) is 25.1 Å². The second kappa shape index (κ2) is 5.13. The van der Waals surface area contributed by atoms with Crippen LogP contribution in [0.5, 0.6) is 0 Å². The maximum atomic E-state index is 10.4. The van der Waals surface area contributed by atoms with Gasteiger partial charge >= 0.3 is 5.88 Å². The number of hydrogen-bond donors (Lipinski definition) is 1. The average Bonchev–Trinajstić information content (AvgIpc) is 2.81. The number of aryl methyl sites for hydroxylation is 1. The molecule has 0 radical (unpaired) electrons. The lowest BCUT2D eigenvalue weighted by Gasteiger charge is -1.99. The predicted molar refractivity (Wildman–Crippen MR) is 67.8 cm³/mol. The summed E-state index contributed by atoms with van der Waals surface area (Å²) in [6.45, 7) is 2.00. The van der Waals surface area contributed by atoms with E-state index in [0.717, 1.165) is 11.3 Å². The highest BCUT2D eigenvalue weighted by Gasteiger charge is 2.09. The Morgan fingerprint density at radius 1 is 1.28 bits per heavy atom. The van der Waals surface area contributed by atoms with Crippen molar-refractivity contribution in [1.29, 1.82) is 0 Å². The molecule has 0 atom stereocenters. The summed E-state index contributed by atoms with van der Waals surface area (Å²) in [5.74, 6) is 0.0214. The molecule has 2 rings (SSSR count). The van der Waals surface area contributed by atoms with Crippen LogP contribution in [-0.4, -0.2) is 11.1 Å². The van der Waals surface area contributed by atoms with E-state index in [2.05, 4.69) is 10.5 Å². The molecule has 0 fully saturated rings. The van der Waals surface area contributed by atoms with Crippen LogP contribution in [0.1, 0.15) is 11.3 Å². The Kier molecular flexibility index (Phi) is 3.38. The number of rotatable bonds is 4. The van der Waals surface area contributed by atoms with Crippen LogP contribution in [0.2, 0.25) is 0 Å². The molecule has 0 aliphatic heterocycles. The molecule has 6 nitrogen and oxygen atoms in total. The number of nitro groups is 1. The summed E-state index contributed by atoms with van der Waals surface area (Å²) < 4.78 is 4.91. The number of furan rings is 1. The minimum atomic E-state index is -0.593. The van der Waals surface area contributed by atoms with E-state index in [9.17, 15) is 10.1 Å². The van der Waals surface area contributed by atoms with Gasteiger partial charge in [0.05, 0.1) is 18.0 Å². The summed E-state index contributed by atoms with van der Waals surface area (Å²) in [5, 5.41) is 14.3. The van der Waals surface area contributed by atoms with Gasteiger partial charge in [-0.15, -0.1) is 0 Å². The SMILES string of the molecule is Cc1ccc(N/N=C/c2ccc([N+](=O)[O-])o2)cc1. The Hall–Kier alpha value is -2.63. The summed E-state index contributed by atoms with van der Waals surface area (Å²) >= 11 is 0. The fraction of sp³-hybridized carbons (Fsp3) is 0.0833. The number of benzene rings is 1. The van der Waals surface area contributed by atoms with Crippen molar-refractivity contribution in [3.63, 3.8) is 0 Å². The molecular weight excluding hydrogens is 234 g/mol. The summed E-state index contributed by atoms with van der Waals surface area (Å²) in [6.07, 6.45) is 1.38. The minimum absolute atomic E-state index is 0.299. The Morgan fingerprint density at radius 2 is 2.00 bits per heavy atom. The smallest absolute Gasteiger partial charge is 0.400 e. The van der Waals surface area contributed by atoms with Crippen LogP contribution >= 0.6 is 0 Å². The lowest BCUT2D eigenvalue weighted by molar-refractivity contribution is -0.402. The summed E-state index contributed by atoms with van der Waals surface area (Å²) in [7, 11) is 0. The molecule has 0 unspecified atom stereocenters. The van der Waals surface area contributed by atoms with Crippen molar-refractivity contribution in [1.82, 2.24) is 0 Å². The van der Waals surface area contributed by atoms with Gasteiger partial charge < -0.3 is 4.42 Å². The lowest BCUT2D eigenvalue weighted by Crippen LogP contribution is -1.89. The second-order valence-corrected chi connectivity index (χ2v) is 3.67. The first-order valence-electron chi connectivity index (χ1n) is 5.25. The van der Waals surface area contributed by atoms with Crippen molar-refractivity contribution in [2.45, 2.75) is 6.92 Å². The van der Waals surface area contributed by atoms with Crippen LogP contribution < -0.4 is 5.43 Å². The van der Waals surface area contributed by atoms with E-state index in [-0.39, 0.29) is 5.88 Å². The van der Waals surface area contributed by atoms with Crippen molar-refractivity contribution in [2.75, 3.05) is 5.43 Å². The Balaban J connectivity index is 1.98. The van der Waals surface area contributed by atoms with E-state index < -0.39 is 4.92 Å². The van der Waals surface area contributed by atoms with Crippen molar-refractivity contribution in [3.8, 4) is 0 Å². The van der Waals surface area contributed by atoms with Gasteiger partial charge in [0.2, 0.25) is 0 Å². The average molecular weight is 245 g/mol. The van der Waals surface area contributed by atoms with Gasteiger partial charge in [0, 0.05) is 0 Å². The summed E-state index contributed by atoms with van der Waals surface area (Å²) in [5.41, 5.74) is 4.79. The third kappa shape index (κ3) is 2.94. The Bertz CT molecular complexity index is 573. The predicted octanol–water partition coefficient (Wildman–Crippen LogP) is 2.94. The molecule has 0 aliphatic rings. The van der Waals surface area contributed by atoms with Gasteiger partial charge in [0.1, 0.15) is 4.92 Å². The molecule has 0 aliphatic carbocycles. The molecule has 92 valence electrons. The van der Waals surface area contributed by atoms with Crippen molar-refractivity contribution < 1.29 is 9.34 Å². The highest BCUT2D eigenvalue weighted by molar-refractivity contribution is 5.77. The van der Waals surface area contributed by atoms with E-state index in [1.165, 1.54) is 18.3 Å². The van der Waals surface area contributed by atoms with Gasteiger partial charge in [-0.1, -0.05) is 17.7 Å². The molecular formula is C12H11N3O3. The lowest BCUT2D eigenvalue weighted by atomic mass is 10.2. The van der Waals surface area contributed by atoms with E-state index >= 15 is 0 Å². The van der Waals surface area contributed by atoms with E-state index in [1.807, 2.05) is 31.2 Å². The Labute approximate surface area is 103 Å². The van der Waals surface area contributed by atoms with Crippen molar-refractivity contribution in [3.05, 3.63) is 57.8 Å². The standard InChI is InChI=1S/C12H11N3O3/c1-9-2-4-10(5-3-9)14-13-8-11-6-7-12(18-11)15(16)17/h2-8,14H,1H3/b13-8+. The van der Waals surface area contributed by atoms with Gasteiger partial charge in [-0.2, -0.15) is 5.10 Å². The van der Waals surface area contributed by atoms with Gasteiger partial charge in [0.15, 0.2) is 5.76 Å².